The molecule has 0 aliphatic heterocycles. The third-order valence-corrected chi connectivity index (χ3v) is 3.46. The van der Waals surface area contributed by atoms with Crippen molar-refractivity contribution in [1.29, 1.82) is 0 Å². The van der Waals surface area contributed by atoms with Gasteiger partial charge in [-0.25, -0.2) is 0 Å². The third-order valence-electron chi connectivity index (χ3n) is 3.23. The lowest BCUT2D eigenvalue weighted by Gasteiger charge is -2.09. The Balaban J connectivity index is 1.90. The molecular formula is C18H21ClN2O2. The van der Waals surface area contributed by atoms with Gasteiger partial charge < -0.3 is 15.4 Å². The van der Waals surface area contributed by atoms with Crippen LogP contribution in [0.4, 0.5) is 0 Å². The van der Waals surface area contributed by atoms with Gasteiger partial charge in [0.15, 0.2) is 0 Å². The minimum Gasteiger partial charge on any atom is -0.489 e. The van der Waals surface area contributed by atoms with Gasteiger partial charge in [0.25, 0.3) is 5.91 Å². The van der Waals surface area contributed by atoms with E-state index in [1.54, 1.807) is 12.1 Å². The van der Waals surface area contributed by atoms with Gasteiger partial charge in [0, 0.05) is 23.7 Å². The maximum atomic E-state index is 12.1. The van der Waals surface area contributed by atoms with Crippen LogP contribution in [-0.2, 0) is 6.61 Å². The second-order valence-electron chi connectivity index (χ2n) is 5.06. The van der Waals surface area contributed by atoms with Crippen molar-refractivity contribution in [3.8, 4) is 5.75 Å². The highest BCUT2D eigenvalue weighted by atomic mass is 35.5. The van der Waals surface area contributed by atoms with Gasteiger partial charge in [0.2, 0.25) is 0 Å². The number of carbonyl (C=O) groups is 1. The molecule has 2 N–H and O–H groups in total. The standard InChI is InChI=1S/C18H21ClN2O2/c1-2-20-9-10-21-18(22)15-6-4-8-17(12-15)23-13-14-5-3-7-16(19)11-14/h3-8,11-12,20H,2,9-10,13H2,1H3,(H,21,22). The van der Waals surface area contributed by atoms with Gasteiger partial charge in [-0.15, -0.1) is 0 Å². The van der Waals surface area contributed by atoms with Gasteiger partial charge in [0.1, 0.15) is 12.4 Å². The van der Waals surface area contributed by atoms with E-state index in [9.17, 15) is 4.79 Å². The lowest BCUT2D eigenvalue weighted by Crippen LogP contribution is -2.31. The molecule has 0 aliphatic rings. The molecule has 2 aromatic rings. The number of amides is 1. The summed E-state index contributed by atoms with van der Waals surface area (Å²) in [6.07, 6.45) is 0. The first-order valence-electron chi connectivity index (χ1n) is 7.65. The number of rotatable bonds is 8. The average molecular weight is 333 g/mol. The van der Waals surface area contributed by atoms with Gasteiger partial charge in [-0.3, -0.25) is 4.79 Å². The number of benzene rings is 2. The zero-order valence-corrected chi connectivity index (χ0v) is 13.9. The fourth-order valence-corrected chi connectivity index (χ4v) is 2.28. The molecule has 0 spiro atoms. The normalized spacial score (nSPS) is 10.3. The highest BCUT2D eigenvalue weighted by Gasteiger charge is 2.06. The molecule has 23 heavy (non-hydrogen) atoms. The Morgan fingerprint density at radius 3 is 2.74 bits per heavy atom. The van der Waals surface area contributed by atoms with Gasteiger partial charge in [0.05, 0.1) is 0 Å². The molecule has 0 atom stereocenters. The lowest BCUT2D eigenvalue weighted by molar-refractivity contribution is 0.0953. The minimum absolute atomic E-state index is 0.101. The maximum absolute atomic E-state index is 12.1. The fourth-order valence-electron chi connectivity index (χ4n) is 2.06. The van der Waals surface area contributed by atoms with Crippen LogP contribution in [-0.4, -0.2) is 25.5 Å². The predicted octanol–water partition coefficient (Wildman–Crippen LogP) is 3.26. The first kappa shape index (κ1) is 17.3. The topological polar surface area (TPSA) is 50.4 Å². The zero-order valence-electron chi connectivity index (χ0n) is 13.1. The van der Waals surface area contributed by atoms with Crippen molar-refractivity contribution < 1.29 is 9.53 Å². The van der Waals surface area contributed by atoms with E-state index in [1.807, 2.05) is 43.3 Å². The van der Waals surface area contributed by atoms with Crippen LogP contribution < -0.4 is 15.4 Å². The number of hydrogen-bond donors (Lipinski definition) is 2. The van der Waals surface area contributed by atoms with Gasteiger partial charge in [-0.1, -0.05) is 36.7 Å². The largest absolute Gasteiger partial charge is 0.489 e. The Bertz CT molecular complexity index is 646. The molecule has 0 aliphatic carbocycles. The number of carbonyl (C=O) groups excluding carboxylic acids is 1. The van der Waals surface area contributed by atoms with E-state index in [0.717, 1.165) is 18.7 Å². The molecule has 0 unspecified atom stereocenters. The summed E-state index contributed by atoms with van der Waals surface area (Å²) < 4.78 is 5.73. The highest BCUT2D eigenvalue weighted by molar-refractivity contribution is 6.30. The Morgan fingerprint density at radius 2 is 1.96 bits per heavy atom. The van der Waals surface area contributed by atoms with Gasteiger partial charge in [-0.05, 0) is 42.4 Å². The molecule has 4 nitrogen and oxygen atoms in total. The average Bonchev–Trinajstić information content (AvgIpc) is 2.57. The summed E-state index contributed by atoms with van der Waals surface area (Å²) in [5.41, 5.74) is 1.57. The minimum atomic E-state index is -0.101. The summed E-state index contributed by atoms with van der Waals surface area (Å²) in [6.45, 7) is 4.69. The van der Waals surface area contributed by atoms with E-state index in [-0.39, 0.29) is 5.91 Å². The molecule has 0 saturated heterocycles. The summed E-state index contributed by atoms with van der Waals surface area (Å²) in [5, 5.41) is 6.71. The van der Waals surface area contributed by atoms with Crippen LogP contribution in [0.1, 0.15) is 22.8 Å². The van der Waals surface area contributed by atoms with Crippen LogP contribution in [0.2, 0.25) is 5.02 Å². The first-order chi connectivity index (χ1) is 11.2. The van der Waals surface area contributed by atoms with E-state index in [0.29, 0.717) is 29.5 Å². The summed E-state index contributed by atoms with van der Waals surface area (Å²) in [5.74, 6) is 0.556. The van der Waals surface area contributed by atoms with Crippen LogP contribution in [0.25, 0.3) is 0 Å². The van der Waals surface area contributed by atoms with Crippen LogP contribution in [0.3, 0.4) is 0 Å². The molecule has 0 aromatic heterocycles. The third kappa shape index (κ3) is 5.93. The molecule has 122 valence electrons. The Morgan fingerprint density at radius 1 is 1.13 bits per heavy atom. The van der Waals surface area contributed by atoms with Crippen molar-refractivity contribution in [3.63, 3.8) is 0 Å². The van der Waals surface area contributed by atoms with Crippen molar-refractivity contribution >= 4 is 17.5 Å². The molecular weight excluding hydrogens is 312 g/mol. The second-order valence-corrected chi connectivity index (χ2v) is 5.49. The Labute approximate surface area is 141 Å². The van der Waals surface area contributed by atoms with Crippen molar-refractivity contribution in [2.24, 2.45) is 0 Å². The number of halogens is 1. The number of likely N-dealkylation sites (N-methyl/N-ethyl adjacent to an activating group) is 1. The van der Waals surface area contributed by atoms with Crippen molar-refractivity contribution in [1.82, 2.24) is 10.6 Å². The van der Waals surface area contributed by atoms with E-state index in [1.165, 1.54) is 0 Å². The Kier molecular flexibility index (Phi) is 6.91. The summed E-state index contributed by atoms with van der Waals surface area (Å²) in [6, 6.07) is 14.7. The van der Waals surface area contributed by atoms with E-state index in [2.05, 4.69) is 10.6 Å². The molecule has 2 rings (SSSR count). The molecule has 0 heterocycles. The molecule has 5 heteroatoms. The van der Waals surface area contributed by atoms with Crippen molar-refractivity contribution in [3.05, 3.63) is 64.7 Å². The summed E-state index contributed by atoms with van der Waals surface area (Å²) >= 11 is 5.95. The quantitative estimate of drug-likeness (QED) is 0.729. The smallest absolute Gasteiger partial charge is 0.251 e. The number of ether oxygens (including phenoxy) is 1. The second kappa shape index (κ2) is 9.18. The number of hydrogen-bond acceptors (Lipinski definition) is 3. The van der Waals surface area contributed by atoms with E-state index >= 15 is 0 Å². The Hall–Kier alpha value is -2.04. The van der Waals surface area contributed by atoms with Crippen LogP contribution >= 0.6 is 11.6 Å². The summed E-state index contributed by atoms with van der Waals surface area (Å²) in [7, 11) is 0. The molecule has 0 fully saturated rings. The van der Waals surface area contributed by atoms with E-state index in [4.69, 9.17) is 16.3 Å². The molecule has 0 saturated carbocycles. The zero-order chi connectivity index (χ0) is 16.5. The fraction of sp³-hybridized carbons (Fsp3) is 0.278. The lowest BCUT2D eigenvalue weighted by atomic mass is 10.2. The van der Waals surface area contributed by atoms with Gasteiger partial charge in [-0.2, -0.15) is 0 Å². The highest BCUT2D eigenvalue weighted by Crippen LogP contribution is 2.17. The van der Waals surface area contributed by atoms with Crippen molar-refractivity contribution in [2.75, 3.05) is 19.6 Å². The van der Waals surface area contributed by atoms with E-state index < -0.39 is 0 Å². The van der Waals surface area contributed by atoms with Crippen LogP contribution in [0.15, 0.2) is 48.5 Å². The molecule has 0 bridgehead atoms. The van der Waals surface area contributed by atoms with Gasteiger partial charge >= 0.3 is 0 Å². The summed E-state index contributed by atoms with van der Waals surface area (Å²) in [4.78, 5) is 12.1. The monoisotopic (exact) mass is 332 g/mol. The predicted molar refractivity (Wildman–Crippen MR) is 93.1 cm³/mol. The maximum Gasteiger partial charge on any atom is 0.251 e. The first-order valence-corrected chi connectivity index (χ1v) is 8.03. The van der Waals surface area contributed by atoms with Crippen LogP contribution in [0, 0.1) is 0 Å². The molecule has 0 radical (unpaired) electrons. The number of nitrogens with one attached hydrogen (secondary N) is 2. The van der Waals surface area contributed by atoms with Crippen LogP contribution in [0.5, 0.6) is 5.75 Å². The van der Waals surface area contributed by atoms with Crippen molar-refractivity contribution in [2.45, 2.75) is 13.5 Å². The SMILES string of the molecule is CCNCCNC(=O)c1cccc(OCc2cccc(Cl)c2)c1. The molecule has 1 amide bonds. The molecule has 2 aromatic carbocycles.